The molecule has 11 heteroatoms. The number of alkyl halides is 3. The quantitative estimate of drug-likeness (QED) is 0.164. The second kappa shape index (κ2) is 13.4. The number of nitrogens with zero attached hydrogens (tertiary/aromatic N) is 3. The summed E-state index contributed by atoms with van der Waals surface area (Å²) >= 11 is 0. The standard InChI is InChI=1S/C38H38F3N5O3/c1-37(2,3)49-36(48)42-23-24-9-7-14-31(19-24)46-32(22-33(44-46)38(39,40)41)35(47)43-29-13-8-12-27(21-29)34(45(4)30-17-18-30)28-16-15-25-10-5-6-11-26(25)20-28/h5-16,19-22,30,34H,17-18,23H2,1-4H3,(H,42,48)(H,43,47). The van der Waals surface area contributed by atoms with E-state index in [1.807, 2.05) is 30.3 Å². The highest BCUT2D eigenvalue weighted by Gasteiger charge is 2.36. The maximum atomic E-state index is 13.9. The van der Waals surface area contributed by atoms with Crippen molar-refractivity contribution < 1.29 is 27.5 Å². The molecule has 0 radical (unpaired) electrons. The van der Waals surface area contributed by atoms with Gasteiger partial charge in [-0.3, -0.25) is 9.69 Å². The van der Waals surface area contributed by atoms with Gasteiger partial charge in [-0.2, -0.15) is 18.3 Å². The van der Waals surface area contributed by atoms with Crippen LogP contribution in [0.25, 0.3) is 16.5 Å². The van der Waals surface area contributed by atoms with E-state index in [1.54, 1.807) is 51.1 Å². The van der Waals surface area contributed by atoms with Crippen LogP contribution < -0.4 is 10.6 Å². The maximum absolute atomic E-state index is 13.9. The first-order valence-corrected chi connectivity index (χ1v) is 16.1. The Kier molecular flexibility index (Phi) is 9.22. The Labute approximate surface area is 282 Å². The molecule has 2 amide bonds. The molecule has 5 aromatic rings. The highest BCUT2D eigenvalue weighted by molar-refractivity contribution is 6.03. The topological polar surface area (TPSA) is 88.5 Å². The Bertz CT molecular complexity index is 1990. The Morgan fingerprint density at radius 2 is 1.61 bits per heavy atom. The molecular weight excluding hydrogens is 631 g/mol. The molecule has 49 heavy (non-hydrogen) atoms. The second-order valence-electron chi connectivity index (χ2n) is 13.3. The van der Waals surface area contributed by atoms with Gasteiger partial charge in [0.2, 0.25) is 0 Å². The SMILES string of the molecule is CN(C1CC1)C(c1cccc(NC(=O)c2cc(C(F)(F)F)nn2-c2cccc(CNC(=O)OC(C)(C)C)c2)c1)c1ccc2ccccc2c1. The van der Waals surface area contributed by atoms with E-state index in [2.05, 4.69) is 58.0 Å². The van der Waals surface area contributed by atoms with Gasteiger partial charge in [-0.25, -0.2) is 9.48 Å². The number of hydrogen-bond donors (Lipinski definition) is 2. The largest absolute Gasteiger partial charge is 0.444 e. The van der Waals surface area contributed by atoms with Gasteiger partial charge in [-0.1, -0.05) is 60.7 Å². The van der Waals surface area contributed by atoms with Crippen LogP contribution in [0.15, 0.2) is 97.1 Å². The molecule has 0 bridgehead atoms. The molecule has 4 aromatic carbocycles. The molecule has 1 heterocycles. The summed E-state index contributed by atoms with van der Waals surface area (Å²) in [6.45, 7) is 5.27. The van der Waals surface area contributed by atoms with Crippen LogP contribution in [0, 0.1) is 0 Å². The summed E-state index contributed by atoms with van der Waals surface area (Å²) in [6.07, 6.45) is -3.22. The third kappa shape index (κ3) is 8.11. The molecule has 1 fully saturated rings. The summed E-state index contributed by atoms with van der Waals surface area (Å²) < 4.78 is 47.9. The molecule has 1 unspecified atom stereocenters. The third-order valence-corrected chi connectivity index (χ3v) is 8.30. The number of hydrogen-bond acceptors (Lipinski definition) is 5. The van der Waals surface area contributed by atoms with Gasteiger partial charge in [-0.15, -0.1) is 0 Å². The first kappa shape index (κ1) is 33.7. The molecule has 6 rings (SSSR count). The molecule has 1 saturated carbocycles. The van der Waals surface area contributed by atoms with E-state index in [0.29, 0.717) is 17.3 Å². The molecule has 2 N–H and O–H groups in total. The molecule has 0 saturated heterocycles. The lowest BCUT2D eigenvalue weighted by Crippen LogP contribution is -2.32. The fourth-order valence-electron chi connectivity index (χ4n) is 5.88. The molecule has 0 aliphatic heterocycles. The van der Waals surface area contributed by atoms with Crippen LogP contribution in [0.3, 0.4) is 0 Å². The Hall–Kier alpha value is -5.16. The summed E-state index contributed by atoms with van der Waals surface area (Å²) in [5, 5.41) is 11.5. The summed E-state index contributed by atoms with van der Waals surface area (Å²) in [6, 6.07) is 29.5. The number of halogens is 3. The van der Waals surface area contributed by atoms with Crippen molar-refractivity contribution in [1.82, 2.24) is 20.0 Å². The minimum Gasteiger partial charge on any atom is -0.444 e. The van der Waals surface area contributed by atoms with Crippen molar-refractivity contribution in [2.75, 3.05) is 12.4 Å². The number of aromatic nitrogens is 2. The number of ether oxygens (including phenoxy) is 1. The predicted molar refractivity (Wildman–Crippen MR) is 183 cm³/mol. The van der Waals surface area contributed by atoms with Crippen molar-refractivity contribution in [1.29, 1.82) is 0 Å². The van der Waals surface area contributed by atoms with Crippen molar-refractivity contribution in [3.8, 4) is 5.69 Å². The summed E-state index contributed by atoms with van der Waals surface area (Å²) in [4.78, 5) is 28.2. The van der Waals surface area contributed by atoms with E-state index < -0.39 is 29.5 Å². The number of rotatable bonds is 9. The molecule has 1 aliphatic rings. The van der Waals surface area contributed by atoms with E-state index in [0.717, 1.165) is 45.5 Å². The first-order valence-electron chi connectivity index (χ1n) is 16.1. The number of amides is 2. The van der Waals surface area contributed by atoms with Crippen molar-refractivity contribution in [3.05, 3.63) is 125 Å². The lowest BCUT2D eigenvalue weighted by atomic mass is 9.94. The van der Waals surface area contributed by atoms with E-state index in [1.165, 1.54) is 0 Å². The fraction of sp³-hybridized carbons (Fsp3) is 0.289. The van der Waals surface area contributed by atoms with Crippen molar-refractivity contribution >= 4 is 28.5 Å². The van der Waals surface area contributed by atoms with Gasteiger partial charge in [0.05, 0.1) is 11.7 Å². The number of fused-ring (bicyclic) bond motifs is 1. The molecular formula is C38H38F3N5O3. The highest BCUT2D eigenvalue weighted by atomic mass is 19.4. The highest BCUT2D eigenvalue weighted by Crippen LogP contribution is 2.38. The van der Waals surface area contributed by atoms with Crippen LogP contribution in [0.5, 0.6) is 0 Å². The van der Waals surface area contributed by atoms with Gasteiger partial charge in [0.15, 0.2) is 5.69 Å². The van der Waals surface area contributed by atoms with Crippen molar-refractivity contribution in [2.24, 2.45) is 0 Å². The van der Waals surface area contributed by atoms with Gasteiger partial charge in [-0.05, 0) is 98.5 Å². The van der Waals surface area contributed by atoms with Gasteiger partial charge < -0.3 is 15.4 Å². The predicted octanol–water partition coefficient (Wildman–Crippen LogP) is 8.50. The minimum atomic E-state index is -4.78. The number of carbonyl (C=O) groups is 2. The van der Waals surface area contributed by atoms with E-state index in [4.69, 9.17) is 4.74 Å². The van der Waals surface area contributed by atoms with Crippen molar-refractivity contribution in [2.45, 2.75) is 64.0 Å². The van der Waals surface area contributed by atoms with Crippen LogP contribution in [0.4, 0.5) is 23.7 Å². The molecule has 1 aromatic heterocycles. The summed E-state index contributed by atoms with van der Waals surface area (Å²) in [5.74, 6) is -0.754. The van der Waals surface area contributed by atoms with E-state index in [9.17, 15) is 22.8 Å². The van der Waals surface area contributed by atoms with Gasteiger partial charge in [0, 0.05) is 24.3 Å². The Morgan fingerprint density at radius 1 is 0.898 bits per heavy atom. The zero-order valence-corrected chi connectivity index (χ0v) is 27.7. The van der Waals surface area contributed by atoms with E-state index in [-0.39, 0.29) is 24.0 Å². The number of anilines is 1. The average Bonchev–Trinajstić information content (AvgIpc) is 3.80. The average molecular weight is 670 g/mol. The Balaban J connectivity index is 1.28. The summed E-state index contributed by atoms with van der Waals surface area (Å²) in [5.41, 5.74) is 1.09. The number of nitrogens with one attached hydrogen (secondary N) is 2. The lowest BCUT2D eigenvalue weighted by Gasteiger charge is -2.29. The summed E-state index contributed by atoms with van der Waals surface area (Å²) in [7, 11) is 2.09. The third-order valence-electron chi connectivity index (χ3n) is 8.30. The van der Waals surface area contributed by atoms with Crippen LogP contribution in [-0.4, -0.2) is 45.4 Å². The molecule has 1 aliphatic carbocycles. The number of alkyl carbamates (subject to hydrolysis) is 1. The maximum Gasteiger partial charge on any atom is 0.435 e. The van der Waals surface area contributed by atoms with Crippen LogP contribution in [0.1, 0.15) is 72.5 Å². The number of carbonyl (C=O) groups excluding carboxylic acids is 2. The second-order valence-corrected chi connectivity index (χ2v) is 13.3. The van der Waals surface area contributed by atoms with Gasteiger partial charge >= 0.3 is 12.3 Å². The zero-order chi connectivity index (χ0) is 34.9. The van der Waals surface area contributed by atoms with Crippen LogP contribution >= 0.6 is 0 Å². The number of benzene rings is 4. The lowest BCUT2D eigenvalue weighted by molar-refractivity contribution is -0.141. The van der Waals surface area contributed by atoms with E-state index >= 15 is 0 Å². The Morgan fingerprint density at radius 3 is 2.33 bits per heavy atom. The first-order chi connectivity index (χ1) is 23.2. The van der Waals surface area contributed by atoms with Gasteiger partial charge in [0.25, 0.3) is 5.91 Å². The fourth-order valence-corrected chi connectivity index (χ4v) is 5.88. The zero-order valence-electron chi connectivity index (χ0n) is 27.7. The smallest absolute Gasteiger partial charge is 0.435 e. The molecule has 0 spiro atoms. The molecule has 1 atom stereocenters. The van der Waals surface area contributed by atoms with Gasteiger partial charge in [0.1, 0.15) is 11.3 Å². The normalized spacial score (nSPS) is 14.1. The van der Waals surface area contributed by atoms with Crippen LogP contribution in [0.2, 0.25) is 0 Å². The van der Waals surface area contributed by atoms with Crippen LogP contribution in [-0.2, 0) is 17.5 Å². The van der Waals surface area contributed by atoms with Crippen molar-refractivity contribution in [3.63, 3.8) is 0 Å². The molecule has 254 valence electrons. The minimum absolute atomic E-state index is 0.0537. The molecule has 8 nitrogen and oxygen atoms in total. The monoisotopic (exact) mass is 669 g/mol.